The number of Topliss-reactive ketones (excluding diaryl/α,β-unsaturated/α-hetero) is 1. The van der Waals surface area contributed by atoms with Gasteiger partial charge < -0.3 is 14.2 Å². The lowest BCUT2D eigenvalue weighted by molar-refractivity contribution is 0.101. The number of rotatable bonds is 6. The number of allylic oxidation sites excluding steroid dienone is 1. The van der Waals surface area contributed by atoms with E-state index in [-0.39, 0.29) is 24.0 Å². The minimum absolute atomic E-state index is 0.0871. The molecule has 0 aromatic heterocycles. The molecule has 0 atom stereocenters. The number of para-hydroxylation sites is 1. The highest BCUT2D eigenvalue weighted by Crippen LogP contribution is 2.36. The monoisotopic (exact) mass is 390 g/mol. The molecule has 146 valence electrons. The first-order valence-electron chi connectivity index (χ1n) is 9.32. The molecule has 1 aliphatic rings. The standard InChI is InChI=1S/C24H19FO4/c1-2-27-21-10-6-4-7-16(21)13-23-24(26)19-12-11-18(14-22(19)29-23)28-15-17-8-3-5-9-20(17)25/h3-14H,2,15H2,1H3/b23-13-. The summed E-state index contributed by atoms with van der Waals surface area (Å²) in [5.41, 5.74) is 1.68. The van der Waals surface area contributed by atoms with E-state index in [2.05, 4.69) is 0 Å². The molecule has 0 spiro atoms. The van der Waals surface area contributed by atoms with Crippen molar-refractivity contribution < 1.29 is 23.4 Å². The number of ketones is 1. The highest BCUT2D eigenvalue weighted by atomic mass is 19.1. The first-order chi connectivity index (χ1) is 14.2. The van der Waals surface area contributed by atoms with Crippen LogP contribution in [0.1, 0.15) is 28.4 Å². The number of fused-ring (bicyclic) bond motifs is 1. The maximum atomic E-state index is 13.7. The van der Waals surface area contributed by atoms with Gasteiger partial charge in [-0.15, -0.1) is 0 Å². The van der Waals surface area contributed by atoms with Gasteiger partial charge in [-0.3, -0.25) is 4.79 Å². The predicted octanol–water partition coefficient (Wildman–Crippen LogP) is 5.42. The summed E-state index contributed by atoms with van der Waals surface area (Å²) >= 11 is 0. The van der Waals surface area contributed by atoms with E-state index >= 15 is 0 Å². The second-order valence-corrected chi connectivity index (χ2v) is 6.45. The van der Waals surface area contributed by atoms with Crippen LogP contribution in [0.4, 0.5) is 4.39 Å². The molecule has 3 aromatic rings. The van der Waals surface area contributed by atoms with Crippen molar-refractivity contribution in [2.75, 3.05) is 6.61 Å². The second kappa shape index (κ2) is 8.19. The minimum Gasteiger partial charge on any atom is -0.493 e. The van der Waals surface area contributed by atoms with Gasteiger partial charge in [0.1, 0.15) is 29.7 Å². The molecular formula is C24H19FO4. The van der Waals surface area contributed by atoms with E-state index in [1.807, 2.05) is 31.2 Å². The van der Waals surface area contributed by atoms with E-state index in [9.17, 15) is 9.18 Å². The average molecular weight is 390 g/mol. The highest BCUT2D eigenvalue weighted by molar-refractivity contribution is 6.14. The molecule has 5 heteroatoms. The molecule has 29 heavy (non-hydrogen) atoms. The van der Waals surface area contributed by atoms with Gasteiger partial charge in [0, 0.05) is 17.2 Å². The predicted molar refractivity (Wildman–Crippen MR) is 108 cm³/mol. The summed E-state index contributed by atoms with van der Waals surface area (Å²) in [5.74, 6) is 1.30. The quantitative estimate of drug-likeness (QED) is 0.527. The van der Waals surface area contributed by atoms with Crippen LogP contribution < -0.4 is 14.2 Å². The zero-order chi connectivity index (χ0) is 20.2. The SMILES string of the molecule is CCOc1ccccc1/C=C1\Oc2cc(OCc3ccccc3F)ccc2C1=O. The maximum Gasteiger partial charge on any atom is 0.231 e. The Kier molecular flexibility index (Phi) is 5.29. The Balaban J connectivity index is 1.54. The molecule has 0 aliphatic carbocycles. The van der Waals surface area contributed by atoms with Crippen LogP contribution in [-0.4, -0.2) is 12.4 Å². The highest BCUT2D eigenvalue weighted by Gasteiger charge is 2.28. The molecule has 4 rings (SSSR count). The summed E-state index contributed by atoms with van der Waals surface area (Å²) in [7, 11) is 0. The summed E-state index contributed by atoms with van der Waals surface area (Å²) in [6.45, 7) is 2.52. The Morgan fingerprint density at radius 3 is 2.62 bits per heavy atom. The van der Waals surface area contributed by atoms with Gasteiger partial charge in [-0.1, -0.05) is 36.4 Å². The lowest BCUT2D eigenvalue weighted by Crippen LogP contribution is -1.99. The van der Waals surface area contributed by atoms with Crippen molar-refractivity contribution in [3.05, 3.63) is 95.0 Å². The van der Waals surface area contributed by atoms with Gasteiger partial charge in [0.05, 0.1) is 12.2 Å². The Morgan fingerprint density at radius 2 is 1.79 bits per heavy atom. The van der Waals surface area contributed by atoms with E-state index in [1.165, 1.54) is 6.07 Å². The molecule has 0 amide bonds. The van der Waals surface area contributed by atoms with Gasteiger partial charge in [-0.2, -0.15) is 0 Å². The van der Waals surface area contributed by atoms with Gasteiger partial charge in [-0.25, -0.2) is 4.39 Å². The van der Waals surface area contributed by atoms with Crippen LogP contribution in [0.3, 0.4) is 0 Å². The molecule has 0 bridgehead atoms. The van der Waals surface area contributed by atoms with Crippen molar-refractivity contribution in [2.45, 2.75) is 13.5 Å². The fourth-order valence-electron chi connectivity index (χ4n) is 3.06. The second-order valence-electron chi connectivity index (χ2n) is 6.45. The van der Waals surface area contributed by atoms with E-state index in [0.717, 1.165) is 5.56 Å². The van der Waals surface area contributed by atoms with Gasteiger partial charge in [0.15, 0.2) is 5.76 Å². The van der Waals surface area contributed by atoms with Crippen LogP contribution in [0, 0.1) is 5.82 Å². The fourth-order valence-corrected chi connectivity index (χ4v) is 3.06. The molecule has 1 aliphatic heterocycles. The first kappa shape index (κ1) is 18.7. The molecule has 0 saturated heterocycles. The average Bonchev–Trinajstić information content (AvgIpc) is 3.04. The van der Waals surface area contributed by atoms with Gasteiger partial charge in [0.2, 0.25) is 5.78 Å². The van der Waals surface area contributed by atoms with E-state index in [0.29, 0.717) is 35.0 Å². The number of ether oxygens (including phenoxy) is 3. The lowest BCUT2D eigenvalue weighted by atomic mass is 10.1. The van der Waals surface area contributed by atoms with Crippen LogP contribution >= 0.6 is 0 Å². The molecule has 0 fully saturated rings. The van der Waals surface area contributed by atoms with Crippen molar-refractivity contribution in [1.82, 2.24) is 0 Å². The molecule has 0 radical (unpaired) electrons. The summed E-state index contributed by atoms with van der Waals surface area (Å²) < 4.78 is 30.8. The van der Waals surface area contributed by atoms with Crippen molar-refractivity contribution in [3.63, 3.8) is 0 Å². The molecule has 3 aromatic carbocycles. The van der Waals surface area contributed by atoms with Crippen LogP contribution in [0.15, 0.2) is 72.5 Å². The number of hydrogen-bond donors (Lipinski definition) is 0. The number of carbonyl (C=O) groups is 1. The zero-order valence-electron chi connectivity index (χ0n) is 15.9. The van der Waals surface area contributed by atoms with E-state index in [4.69, 9.17) is 14.2 Å². The Hall–Kier alpha value is -3.60. The third-order valence-electron chi connectivity index (χ3n) is 4.50. The molecule has 1 heterocycles. The summed E-state index contributed by atoms with van der Waals surface area (Å²) in [4.78, 5) is 12.7. The summed E-state index contributed by atoms with van der Waals surface area (Å²) in [5, 5.41) is 0. The third-order valence-corrected chi connectivity index (χ3v) is 4.50. The van der Waals surface area contributed by atoms with Crippen LogP contribution in [0.5, 0.6) is 17.2 Å². The Morgan fingerprint density at radius 1 is 1.00 bits per heavy atom. The first-order valence-corrected chi connectivity index (χ1v) is 9.32. The van der Waals surface area contributed by atoms with E-state index < -0.39 is 0 Å². The number of benzene rings is 3. The fraction of sp³-hybridized carbons (Fsp3) is 0.125. The van der Waals surface area contributed by atoms with Gasteiger partial charge in [0.25, 0.3) is 0 Å². The topological polar surface area (TPSA) is 44.8 Å². The summed E-state index contributed by atoms with van der Waals surface area (Å²) in [6, 6.07) is 18.9. The van der Waals surface area contributed by atoms with Crippen molar-refractivity contribution >= 4 is 11.9 Å². The molecule has 0 saturated carbocycles. The largest absolute Gasteiger partial charge is 0.493 e. The van der Waals surface area contributed by atoms with Crippen LogP contribution in [-0.2, 0) is 6.61 Å². The van der Waals surface area contributed by atoms with Crippen molar-refractivity contribution in [2.24, 2.45) is 0 Å². The van der Waals surface area contributed by atoms with Crippen LogP contribution in [0.25, 0.3) is 6.08 Å². The number of halogens is 1. The van der Waals surface area contributed by atoms with Gasteiger partial charge >= 0.3 is 0 Å². The van der Waals surface area contributed by atoms with Gasteiger partial charge in [-0.05, 0) is 37.3 Å². The zero-order valence-corrected chi connectivity index (χ0v) is 15.9. The molecule has 0 N–H and O–H groups in total. The molecular weight excluding hydrogens is 371 g/mol. The summed E-state index contributed by atoms with van der Waals surface area (Å²) in [6.07, 6.45) is 1.67. The Labute approximate surface area is 168 Å². The maximum absolute atomic E-state index is 13.7. The third kappa shape index (κ3) is 3.99. The normalized spacial score (nSPS) is 13.9. The van der Waals surface area contributed by atoms with E-state index in [1.54, 1.807) is 42.5 Å². The van der Waals surface area contributed by atoms with Crippen molar-refractivity contribution in [3.8, 4) is 17.2 Å². The minimum atomic E-state index is -0.321. The Bertz CT molecular complexity index is 1090. The lowest BCUT2D eigenvalue weighted by Gasteiger charge is -2.08. The number of hydrogen-bond acceptors (Lipinski definition) is 4. The molecule has 0 unspecified atom stereocenters. The number of carbonyl (C=O) groups excluding carboxylic acids is 1. The molecule has 4 nitrogen and oxygen atoms in total. The smallest absolute Gasteiger partial charge is 0.231 e. The van der Waals surface area contributed by atoms with Crippen molar-refractivity contribution in [1.29, 1.82) is 0 Å². The van der Waals surface area contributed by atoms with Crippen LogP contribution in [0.2, 0.25) is 0 Å².